The van der Waals surface area contributed by atoms with E-state index in [2.05, 4.69) is 22.1 Å². The van der Waals surface area contributed by atoms with E-state index in [1.54, 1.807) is 0 Å². The quantitative estimate of drug-likeness (QED) is 0.878. The molecule has 2 rings (SSSR count). The van der Waals surface area contributed by atoms with Crippen LogP contribution in [-0.4, -0.2) is 55.2 Å². The number of aryl methyl sites for hydroxylation is 2. The Labute approximate surface area is 118 Å². The Kier molecular flexibility index (Phi) is 5.30. The molecular weight excluding hydrogens is 262 g/mol. The summed E-state index contributed by atoms with van der Waals surface area (Å²) in [6.07, 6.45) is 0.882. The van der Waals surface area contributed by atoms with E-state index in [1.165, 1.54) is 11.3 Å². The number of hydrogen-bond acceptors (Lipinski definition) is 5. The number of thiazole rings is 1. The molecule has 0 saturated carbocycles. The van der Waals surface area contributed by atoms with Gasteiger partial charge in [0, 0.05) is 26.2 Å². The lowest BCUT2D eigenvalue weighted by atomic mass is 10.3. The summed E-state index contributed by atoms with van der Waals surface area (Å²) in [7, 11) is 0. The Morgan fingerprint density at radius 1 is 1.47 bits per heavy atom. The number of aromatic nitrogens is 1. The van der Waals surface area contributed by atoms with E-state index in [0.717, 1.165) is 54.8 Å². The van der Waals surface area contributed by atoms with Crippen LogP contribution in [0.3, 0.4) is 0 Å². The molecule has 1 saturated heterocycles. The van der Waals surface area contributed by atoms with Gasteiger partial charge >= 0.3 is 0 Å². The monoisotopic (exact) mass is 283 g/mol. The lowest BCUT2D eigenvalue weighted by Gasteiger charge is -2.26. The molecule has 2 heterocycles. The predicted molar refractivity (Wildman–Crippen MR) is 75.8 cm³/mol. The van der Waals surface area contributed by atoms with E-state index in [0.29, 0.717) is 6.54 Å². The van der Waals surface area contributed by atoms with Crippen molar-refractivity contribution in [2.75, 3.05) is 39.4 Å². The summed E-state index contributed by atoms with van der Waals surface area (Å²) in [5, 5.41) is 4.00. The van der Waals surface area contributed by atoms with Crippen LogP contribution in [0.5, 0.6) is 0 Å². The molecule has 0 aromatic carbocycles. The minimum atomic E-state index is 0.00274. The molecule has 1 amide bonds. The van der Waals surface area contributed by atoms with Crippen molar-refractivity contribution < 1.29 is 9.53 Å². The number of rotatable bonds is 5. The summed E-state index contributed by atoms with van der Waals surface area (Å²) in [5.74, 6) is 0.00274. The Balaban J connectivity index is 1.78. The first kappa shape index (κ1) is 14.4. The van der Waals surface area contributed by atoms with Gasteiger partial charge in [0.15, 0.2) is 0 Å². The third kappa shape index (κ3) is 3.99. The molecule has 1 aromatic heterocycles. The van der Waals surface area contributed by atoms with E-state index >= 15 is 0 Å². The van der Waals surface area contributed by atoms with Gasteiger partial charge in [0.1, 0.15) is 4.88 Å². The molecule has 0 aliphatic carbocycles. The van der Waals surface area contributed by atoms with E-state index < -0.39 is 0 Å². The number of ether oxygens (including phenoxy) is 1. The molecule has 106 valence electrons. The van der Waals surface area contributed by atoms with Crippen LogP contribution < -0.4 is 5.32 Å². The Hall–Kier alpha value is -0.980. The van der Waals surface area contributed by atoms with E-state index in [4.69, 9.17) is 4.74 Å². The van der Waals surface area contributed by atoms with Crippen LogP contribution in [0.25, 0.3) is 0 Å². The topological polar surface area (TPSA) is 54.5 Å². The van der Waals surface area contributed by atoms with Crippen molar-refractivity contribution in [2.24, 2.45) is 0 Å². The third-order valence-electron chi connectivity index (χ3n) is 3.17. The van der Waals surface area contributed by atoms with E-state index in [1.807, 2.05) is 6.92 Å². The molecule has 0 unspecified atom stereocenters. The second-order valence-electron chi connectivity index (χ2n) is 4.59. The Morgan fingerprint density at radius 3 is 2.84 bits per heavy atom. The maximum absolute atomic E-state index is 12.1. The molecule has 1 fully saturated rings. The minimum Gasteiger partial charge on any atom is -0.379 e. The molecule has 1 aliphatic heterocycles. The maximum Gasteiger partial charge on any atom is 0.263 e. The molecule has 6 heteroatoms. The van der Waals surface area contributed by atoms with E-state index in [9.17, 15) is 4.79 Å². The maximum atomic E-state index is 12.1. The van der Waals surface area contributed by atoms with Crippen molar-refractivity contribution in [3.63, 3.8) is 0 Å². The molecular formula is C13H21N3O2S. The molecule has 0 radical (unpaired) electrons. The van der Waals surface area contributed by atoms with Crippen LogP contribution in [-0.2, 0) is 11.2 Å². The second-order valence-corrected chi connectivity index (χ2v) is 5.67. The number of morpholine rings is 1. The van der Waals surface area contributed by atoms with Crippen LogP contribution in [0, 0.1) is 6.92 Å². The van der Waals surface area contributed by atoms with Gasteiger partial charge in [-0.25, -0.2) is 4.98 Å². The van der Waals surface area contributed by atoms with Gasteiger partial charge in [-0.15, -0.1) is 11.3 Å². The van der Waals surface area contributed by atoms with E-state index in [-0.39, 0.29) is 5.91 Å². The van der Waals surface area contributed by atoms with Crippen LogP contribution >= 0.6 is 11.3 Å². The summed E-state index contributed by atoms with van der Waals surface area (Å²) < 4.78 is 5.29. The zero-order chi connectivity index (χ0) is 13.7. The molecule has 19 heavy (non-hydrogen) atoms. The second kappa shape index (κ2) is 6.98. The van der Waals surface area contributed by atoms with Crippen LogP contribution in [0.4, 0.5) is 0 Å². The van der Waals surface area contributed by atoms with Crippen molar-refractivity contribution in [3.8, 4) is 0 Å². The Morgan fingerprint density at radius 2 is 2.21 bits per heavy atom. The van der Waals surface area contributed by atoms with Gasteiger partial charge in [0.2, 0.25) is 0 Å². The minimum absolute atomic E-state index is 0.00274. The molecule has 5 nitrogen and oxygen atoms in total. The molecule has 0 spiro atoms. The van der Waals surface area contributed by atoms with Crippen molar-refractivity contribution in [1.82, 2.24) is 15.2 Å². The van der Waals surface area contributed by atoms with Gasteiger partial charge < -0.3 is 10.1 Å². The van der Waals surface area contributed by atoms with Gasteiger partial charge in [-0.3, -0.25) is 9.69 Å². The lowest BCUT2D eigenvalue weighted by molar-refractivity contribution is 0.0383. The number of carbonyl (C=O) groups excluding carboxylic acids is 1. The first-order valence-electron chi connectivity index (χ1n) is 6.75. The first-order valence-corrected chi connectivity index (χ1v) is 7.57. The van der Waals surface area contributed by atoms with Gasteiger partial charge in [-0.05, 0) is 13.3 Å². The smallest absolute Gasteiger partial charge is 0.263 e. The van der Waals surface area contributed by atoms with Crippen molar-refractivity contribution in [1.29, 1.82) is 0 Å². The fourth-order valence-electron chi connectivity index (χ4n) is 2.05. The number of nitrogens with one attached hydrogen (secondary N) is 1. The number of carbonyl (C=O) groups is 1. The highest BCUT2D eigenvalue weighted by Crippen LogP contribution is 2.18. The van der Waals surface area contributed by atoms with Crippen molar-refractivity contribution >= 4 is 17.2 Å². The number of hydrogen-bond donors (Lipinski definition) is 1. The number of amides is 1. The highest BCUT2D eigenvalue weighted by atomic mass is 32.1. The zero-order valence-corrected chi connectivity index (χ0v) is 12.4. The standard InChI is InChI=1S/C13H21N3O2S/c1-3-11-15-10(2)12(19-11)13(17)14-4-5-16-6-8-18-9-7-16/h3-9H2,1-2H3,(H,14,17). The van der Waals surface area contributed by atoms with Crippen LogP contribution in [0.15, 0.2) is 0 Å². The average molecular weight is 283 g/mol. The Bertz CT molecular complexity index is 428. The summed E-state index contributed by atoms with van der Waals surface area (Å²) in [6, 6.07) is 0. The lowest BCUT2D eigenvalue weighted by Crippen LogP contribution is -2.41. The van der Waals surface area contributed by atoms with Gasteiger partial charge in [-0.2, -0.15) is 0 Å². The molecule has 1 aromatic rings. The summed E-state index contributed by atoms with van der Waals surface area (Å²) >= 11 is 1.50. The normalized spacial score (nSPS) is 16.5. The third-order valence-corrected chi connectivity index (χ3v) is 4.47. The SMILES string of the molecule is CCc1nc(C)c(C(=O)NCCN2CCOCC2)s1. The van der Waals surface area contributed by atoms with Gasteiger partial charge in [-0.1, -0.05) is 6.92 Å². The fraction of sp³-hybridized carbons (Fsp3) is 0.692. The molecule has 1 N–H and O–H groups in total. The van der Waals surface area contributed by atoms with Gasteiger partial charge in [0.25, 0.3) is 5.91 Å². The van der Waals surface area contributed by atoms with Crippen molar-refractivity contribution in [2.45, 2.75) is 20.3 Å². The van der Waals surface area contributed by atoms with Crippen molar-refractivity contribution in [3.05, 3.63) is 15.6 Å². The molecule has 0 atom stereocenters. The summed E-state index contributed by atoms with van der Waals surface area (Å²) in [4.78, 5) is 19.5. The largest absolute Gasteiger partial charge is 0.379 e. The van der Waals surface area contributed by atoms with Crippen LogP contribution in [0.1, 0.15) is 27.3 Å². The van der Waals surface area contributed by atoms with Gasteiger partial charge in [0.05, 0.1) is 23.9 Å². The summed E-state index contributed by atoms with van der Waals surface area (Å²) in [5.41, 5.74) is 0.839. The molecule has 0 bridgehead atoms. The summed E-state index contributed by atoms with van der Waals surface area (Å²) in [6.45, 7) is 9.00. The fourth-order valence-corrected chi connectivity index (χ4v) is 2.97. The predicted octanol–water partition coefficient (Wildman–Crippen LogP) is 1.08. The highest BCUT2D eigenvalue weighted by molar-refractivity contribution is 7.13. The number of nitrogens with zero attached hydrogens (tertiary/aromatic N) is 2. The zero-order valence-electron chi connectivity index (χ0n) is 11.6. The van der Waals surface area contributed by atoms with Crippen LogP contribution in [0.2, 0.25) is 0 Å². The highest BCUT2D eigenvalue weighted by Gasteiger charge is 2.15. The molecule has 1 aliphatic rings. The first-order chi connectivity index (χ1) is 9.20. The average Bonchev–Trinajstić information content (AvgIpc) is 2.81.